The minimum Gasteiger partial charge on any atom is -0.394 e. The van der Waals surface area contributed by atoms with Gasteiger partial charge in [0.1, 0.15) is 6.04 Å². The molecule has 3 aliphatic rings. The maximum absolute atomic E-state index is 14.0. The van der Waals surface area contributed by atoms with Gasteiger partial charge >= 0.3 is 0 Å². The summed E-state index contributed by atoms with van der Waals surface area (Å²) in [6.07, 6.45) is 3.49. The molecule has 3 amide bonds. The lowest BCUT2D eigenvalue weighted by Gasteiger charge is -2.41. The van der Waals surface area contributed by atoms with Crippen LogP contribution >= 0.6 is 11.8 Å². The molecule has 182 valence electrons. The summed E-state index contributed by atoms with van der Waals surface area (Å²) in [6, 6.07) is -1.12. The summed E-state index contributed by atoms with van der Waals surface area (Å²) in [4.78, 5) is 42.5. The maximum atomic E-state index is 14.0. The van der Waals surface area contributed by atoms with E-state index < -0.39 is 28.7 Å². The number of carbonyl (C=O) groups excluding carboxylic acids is 3. The van der Waals surface area contributed by atoms with E-state index in [1.165, 1.54) is 0 Å². The number of carbonyl (C=O) groups is 3. The molecule has 4 unspecified atom stereocenters. The van der Waals surface area contributed by atoms with Crippen molar-refractivity contribution in [3.8, 4) is 0 Å². The summed E-state index contributed by atoms with van der Waals surface area (Å²) in [5.74, 6) is -1.17. The standard InChI is InChI=1S/C24H41N3O4S/c1-7-9-15(6)26-22(30)20-24-14(5)11-17(32-24)18(21(29)25-10-8-2)19(24)23(31)27(20)16(12-28)13(3)4/h13-20,28H,7-12H2,1-6H3,(H,25,29)(H,26,30)/t14?,15?,16-,17+,18-,19-,20?,24?/m0/s1. The first-order chi connectivity index (χ1) is 15.1. The van der Waals surface area contributed by atoms with Gasteiger partial charge in [-0.1, -0.05) is 41.0 Å². The fourth-order valence-electron chi connectivity index (χ4n) is 6.23. The van der Waals surface area contributed by atoms with E-state index in [2.05, 4.69) is 24.5 Å². The number of amides is 3. The highest BCUT2D eigenvalue weighted by Crippen LogP contribution is 2.68. The first-order valence-corrected chi connectivity index (χ1v) is 13.2. The van der Waals surface area contributed by atoms with E-state index in [-0.39, 0.29) is 47.5 Å². The van der Waals surface area contributed by atoms with Gasteiger partial charge in [0.15, 0.2) is 0 Å². The van der Waals surface area contributed by atoms with Crippen LogP contribution < -0.4 is 10.6 Å². The normalized spacial score (nSPS) is 35.2. The zero-order valence-corrected chi connectivity index (χ0v) is 21.2. The Balaban J connectivity index is 2.05. The van der Waals surface area contributed by atoms with Crippen LogP contribution in [0.5, 0.6) is 0 Å². The van der Waals surface area contributed by atoms with E-state index in [0.717, 1.165) is 25.7 Å². The Morgan fingerprint density at radius 1 is 1.22 bits per heavy atom. The van der Waals surface area contributed by atoms with Crippen LogP contribution in [0.3, 0.4) is 0 Å². The van der Waals surface area contributed by atoms with Crippen LogP contribution in [0.25, 0.3) is 0 Å². The smallest absolute Gasteiger partial charge is 0.244 e. The van der Waals surface area contributed by atoms with Gasteiger partial charge in [0.05, 0.1) is 29.2 Å². The Kier molecular flexibility index (Phi) is 7.85. The Morgan fingerprint density at radius 3 is 2.47 bits per heavy atom. The summed E-state index contributed by atoms with van der Waals surface area (Å²) in [6.45, 7) is 12.5. The molecule has 3 fully saturated rings. The zero-order chi connectivity index (χ0) is 23.8. The zero-order valence-electron chi connectivity index (χ0n) is 20.4. The van der Waals surface area contributed by atoms with Gasteiger partial charge in [0, 0.05) is 17.8 Å². The van der Waals surface area contributed by atoms with Crippen molar-refractivity contribution in [3.05, 3.63) is 0 Å². The number of hydrogen-bond acceptors (Lipinski definition) is 5. The second-order valence-corrected chi connectivity index (χ2v) is 11.8. The van der Waals surface area contributed by atoms with Crippen LogP contribution in [-0.2, 0) is 14.4 Å². The number of rotatable bonds is 10. The molecule has 3 heterocycles. The molecule has 0 saturated carbocycles. The Labute approximate surface area is 196 Å². The molecular formula is C24H41N3O4S. The van der Waals surface area contributed by atoms with E-state index in [4.69, 9.17) is 0 Å². The number of likely N-dealkylation sites (tertiary alicyclic amines) is 1. The van der Waals surface area contributed by atoms with Crippen molar-refractivity contribution in [3.63, 3.8) is 0 Å². The highest BCUT2D eigenvalue weighted by molar-refractivity contribution is 8.02. The van der Waals surface area contributed by atoms with Crippen molar-refractivity contribution in [1.29, 1.82) is 0 Å². The molecule has 0 aromatic rings. The number of fused-ring (bicyclic) bond motifs is 1. The highest BCUT2D eigenvalue weighted by Gasteiger charge is 2.76. The third kappa shape index (κ3) is 3.95. The molecule has 3 N–H and O–H groups in total. The van der Waals surface area contributed by atoms with Crippen molar-refractivity contribution in [2.45, 2.75) is 95.3 Å². The molecule has 2 bridgehead atoms. The van der Waals surface area contributed by atoms with Crippen molar-refractivity contribution in [2.75, 3.05) is 13.2 Å². The fourth-order valence-corrected chi connectivity index (χ4v) is 8.64. The molecule has 3 rings (SSSR count). The number of aliphatic hydroxyl groups is 1. The van der Waals surface area contributed by atoms with Gasteiger partial charge in [0.2, 0.25) is 17.7 Å². The van der Waals surface area contributed by atoms with Gasteiger partial charge in [-0.25, -0.2) is 0 Å². The maximum Gasteiger partial charge on any atom is 0.244 e. The molecule has 32 heavy (non-hydrogen) atoms. The van der Waals surface area contributed by atoms with E-state index in [1.54, 1.807) is 16.7 Å². The molecule has 8 heteroatoms. The predicted octanol–water partition coefficient (Wildman–Crippen LogP) is 2.17. The molecule has 8 atom stereocenters. The third-order valence-electron chi connectivity index (χ3n) is 7.71. The van der Waals surface area contributed by atoms with E-state index in [1.807, 2.05) is 27.7 Å². The SMILES string of the molecule is CCCNC(=O)[C@@H]1[C@H]2C(=O)N([C@@H](CO)C(C)C)C(C(=O)NC(C)CCC)C23S[C@@H]1CC3C. The summed E-state index contributed by atoms with van der Waals surface area (Å²) in [5, 5.41) is 16.4. The lowest BCUT2D eigenvalue weighted by Crippen LogP contribution is -2.60. The Hall–Kier alpha value is -1.28. The molecule has 3 aliphatic heterocycles. The van der Waals surface area contributed by atoms with Gasteiger partial charge < -0.3 is 20.6 Å². The van der Waals surface area contributed by atoms with Crippen LogP contribution in [0, 0.1) is 23.7 Å². The molecular weight excluding hydrogens is 426 g/mol. The summed E-state index contributed by atoms with van der Waals surface area (Å²) < 4.78 is -0.631. The van der Waals surface area contributed by atoms with Gasteiger partial charge in [-0.05, 0) is 38.0 Å². The van der Waals surface area contributed by atoms with Gasteiger partial charge in [-0.3, -0.25) is 14.4 Å². The monoisotopic (exact) mass is 467 g/mol. The van der Waals surface area contributed by atoms with Crippen molar-refractivity contribution < 1.29 is 19.5 Å². The number of nitrogens with zero attached hydrogens (tertiary/aromatic N) is 1. The molecule has 0 aromatic heterocycles. The highest BCUT2D eigenvalue weighted by atomic mass is 32.2. The van der Waals surface area contributed by atoms with Gasteiger partial charge in [-0.2, -0.15) is 0 Å². The number of aliphatic hydroxyl groups excluding tert-OH is 1. The second-order valence-electron chi connectivity index (χ2n) is 10.3. The van der Waals surface area contributed by atoms with Crippen LogP contribution in [0.15, 0.2) is 0 Å². The number of thioether (sulfide) groups is 1. The van der Waals surface area contributed by atoms with Crippen LogP contribution in [-0.4, -0.2) is 69.0 Å². The quantitative estimate of drug-likeness (QED) is 0.457. The fraction of sp³-hybridized carbons (Fsp3) is 0.875. The minimum absolute atomic E-state index is 0.00702. The van der Waals surface area contributed by atoms with Gasteiger partial charge in [-0.15, -0.1) is 11.8 Å². The van der Waals surface area contributed by atoms with E-state index in [0.29, 0.717) is 6.54 Å². The van der Waals surface area contributed by atoms with Crippen molar-refractivity contribution in [1.82, 2.24) is 15.5 Å². The Bertz CT molecular complexity index is 732. The van der Waals surface area contributed by atoms with E-state index in [9.17, 15) is 19.5 Å². The van der Waals surface area contributed by atoms with Crippen molar-refractivity contribution >= 4 is 29.5 Å². The largest absolute Gasteiger partial charge is 0.394 e. The average molecular weight is 468 g/mol. The minimum atomic E-state index is -0.673. The first kappa shape index (κ1) is 25.3. The topological polar surface area (TPSA) is 98.7 Å². The third-order valence-corrected chi connectivity index (χ3v) is 9.78. The molecule has 0 aliphatic carbocycles. The van der Waals surface area contributed by atoms with Gasteiger partial charge in [0.25, 0.3) is 0 Å². The summed E-state index contributed by atoms with van der Waals surface area (Å²) in [5.41, 5.74) is 0. The van der Waals surface area contributed by atoms with E-state index >= 15 is 0 Å². The predicted molar refractivity (Wildman–Crippen MR) is 127 cm³/mol. The Morgan fingerprint density at radius 2 is 1.91 bits per heavy atom. The summed E-state index contributed by atoms with van der Waals surface area (Å²) in [7, 11) is 0. The van der Waals surface area contributed by atoms with Crippen LogP contribution in [0.1, 0.15) is 67.2 Å². The second kappa shape index (κ2) is 9.92. The molecule has 1 spiro atoms. The average Bonchev–Trinajstić information content (AvgIpc) is 3.31. The first-order valence-electron chi connectivity index (χ1n) is 12.3. The van der Waals surface area contributed by atoms with Crippen LogP contribution in [0.4, 0.5) is 0 Å². The lowest BCUT2D eigenvalue weighted by atomic mass is 9.65. The van der Waals surface area contributed by atoms with Crippen molar-refractivity contribution in [2.24, 2.45) is 23.7 Å². The lowest BCUT2D eigenvalue weighted by molar-refractivity contribution is -0.143. The number of nitrogens with one attached hydrogen (secondary N) is 2. The van der Waals surface area contributed by atoms with Crippen LogP contribution in [0.2, 0.25) is 0 Å². The summed E-state index contributed by atoms with van der Waals surface area (Å²) >= 11 is 1.69. The molecule has 3 saturated heterocycles. The molecule has 7 nitrogen and oxygen atoms in total. The molecule has 0 aromatic carbocycles. The molecule has 0 radical (unpaired) electrons. The number of hydrogen-bond donors (Lipinski definition) is 3.